The number of aromatic nitrogens is 3. The average molecular weight is 486 g/mol. The lowest BCUT2D eigenvalue weighted by Gasteiger charge is -2.35. The molecule has 9 nitrogen and oxygen atoms in total. The molecule has 2 amide bonds. The van der Waals surface area contributed by atoms with Gasteiger partial charge in [0.25, 0.3) is 17.4 Å². The fraction of sp³-hybridized carbons (Fsp3) is 0.259. The molecule has 0 N–H and O–H groups in total. The molecule has 0 unspecified atom stereocenters. The van der Waals surface area contributed by atoms with Gasteiger partial charge in [-0.1, -0.05) is 36.4 Å². The molecule has 1 saturated heterocycles. The predicted octanol–water partition coefficient (Wildman–Crippen LogP) is 2.52. The van der Waals surface area contributed by atoms with Crippen molar-refractivity contribution in [1.29, 1.82) is 0 Å². The monoisotopic (exact) mass is 485 g/mol. The summed E-state index contributed by atoms with van der Waals surface area (Å²) < 4.78 is 8.74. The first-order valence-electron chi connectivity index (χ1n) is 12.0. The van der Waals surface area contributed by atoms with Gasteiger partial charge in [0.2, 0.25) is 0 Å². The lowest BCUT2D eigenvalue weighted by Crippen LogP contribution is -2.51. The molecular formula is C27H27N5O4. The minimum Gasteiger partial charge on any atom is -0.484 e. The lowest BCUT2D eigenvalue weighted by atomic mass is 10.1. The van der Waals surface area contributed by atoms with E-state index in [0.717, 1.165) is 0 Å². The second-order valence-electron chi connectivity index (χ2n) is 8.59. The van der Waals surface area contributed by atoms with Crippen LogP contribution in [0.2, 0.25) is 0 Å². The minimum atomic E-state index is -0.262. The summed E-state index contributed by atoms with van der Waals surface area (Å²) in [5.41, 5.74) is 1.55. The molecule has 0 aliphatic carbocycles. The van der Waals surface area contributed by atoms with Gasteiger partial charge in [-0.25, -0.2) is 0 Å². The number of hydrogen-bond acceptors (Lipinski definition) is 5. The number of para-hydroxylation sites is 2. The van der Waals surface area contributed by atoms with Crippen molar-refractivity contribution in [3.63, 3.8) is 0 Å². The maximum absolute atomic E-state index is 13.6. The molecule has 184 valence electrons. The Kier molecular flexibility index (Phi) is 6.53. The van der Waals surface area contributed by atoms with Crippen LogP contribution in [0.25, 0.3) is 16.9 Å². The van der Waals surface area contributed by atoms with E-state index in [2.05, 4.69) is 5.10 Å². The summed E-state index contributed by atoms with van der Waals surface area (Å²) in [5.74, 6) is 0.326. The number of fused-ring (bicyclic) bond motifs is 1. The Morgan fingerprint density at radius 1 is 0.889 bits per heavy atom. The van der Waals surface area contributed by atoms with Crippen LogP contribution in [0.4, 0.5) is 0 Å². The van der Waals surface area contributed by atoms with Crippen molar-refractivity contribution in [2.45, 2.75) is 13.5 Å². The maximum atomic E-state index is 13.6. The van der Waals surface area contributed by atoms with Crippen LogP contribution < -0.4 is 10.3 Å². The second-order valence-corrected chi connectivity index (χ2v) is 8.59. The highest BCUT2D eigenvalue weighted by Crippen LogP contribution is 2.24. The van der Waals surface area contributed by atoms with E-state index >= 15 is 0 Å². The summed E-state index contributed by atoms with van der Waals surface area (Å²) in [7, 11) is 0. The fourth-order valence-electron chi connectivity index (χ4n) is 4.33. The van der Waals surface area contributed by atoms with E-state index in [4.69, 9.17) is 4.74 Å². The molecule has 3 aliphatic rings. The number of ether oxygens (including phenoxy) is 1. The van der Waals surface area contributed by atoms with Gasteiger partial charge in [0.05, 0.1) is 16.8 Å². The van der Waals surface area contributed by atoms with Crippen molar-refractivity contribution < 1.29 is 14.3 Å². The van der Waals surface area contributed by atoms with Crippen molar-refractivity contribution in [3.8, 4) is 22.7 Å². The second kappa shape index (κ2) is 10.1. The first-order chi connectivity index (χ1) is 17.5. The van der Waals surface area contributed by atoms with E-state index in [9.17, 15) is 14.4 Å². The number of nitrogens with zero attached hydrogens (tertiary/aromatic N) is 5. The van der Waals surface area contributed by atoms with Crippen molar-refractivity contribution >= 4 is 11.8 Å². The van der Waals surface area contributed by atoms with E-state index in [1.54, 1.807) is 46.5 Å². The van der Waals surface area contributed by atoms with Crippen molar-refractivity contribution in [2.75, 3.05) is 32.8 Å². The van der Waals surface area contributed by atoms with Gasteiger partial charge in [-0.3, -0.25) is 14.4 Å². The Balaban J connectivity index is 1.32. The maximum Gasteiger partial charge on any atom is 0.282 e. The van der Waals surface area contributed by atoms with Crippen LogP contribution in [0.15, 0.2) is 77.9 Å². The minimum absolute atomic E-state index is 0.0447. The lowest BCUT2D eigenvalue weighted by molar-refractivity contribution is -0.134. The van der Waals surface area contributed by atoms with Crippen molar-refractivity contribution in [2.24, 2.45) is 0 Å². The number of rotatable bonds is 6. The quantitative estimate of drug-likeness (QED) is 0.419. The van der Waals surface area contributed by atoms with E-state index in [0.29, 0.717) is 61.0 Å². The summed E-state index contributed by atoms with van der Waals surface area (Å²) in [4.78, 5) is 42.7. The van der Waals surface area contributed by atoms with E-state index in [1.807, 2.05) is 47.9 Å². The van der Waals surface area contributed by atoms with Crippen LogP contribution in [-0.4, -0.2) is 68.7 Å². The molecular weight excluding hydrogens is 458 g/mol. The number of aryl methyl sites for hydroxylation is 1. The molecule has 36 heavy (non-hydrogen) atoms. The largest absolute Gasteiger partial charge is 0.484 e. The third-order valence-electron chi connectivity index (χ3n) is 6.34. The van der Waals surface area contributed by atoms with Crippen LogP contribution in [0.5, 0.6) is 5.75 Å². The van der Waals surface area contributed by atoms with Crippen LogP contribution >= 0.6 is 0 Å². The predicted molar refractivity (Wildman–Crippen MR) is 135 cm³/mol. The Morgan fingerprint density at radius 2 is 1.53 bits per heavy atom. The Bertz CT molecular complexity index is 1390. The summed E-state index contributed by atoms with van der Waals surface area (Å²) in [6, 6.07) is 18.4. The highest BCUT2D eigenvalue weighted by Gasteiger charge is 2.30. The Hall–Kier alpha value is -4.40. The first kappa shape index (κ1) is 23.3. The molecule has 9 heteroatoms. The zero-order chi connectivity index (χ0) is 25.1. The highest BCUT2D eigenvalue weighted by molar-refractivity contribution is 6.00. The van der Waals surface area contributed by atoms with Crippen molar-refractivity contribution in [3.05, 3.63) is 89.0 Å². The van der Waals surface area contributed by atoms with E-state index in [-0.39, 0.29) is 24.0 Å². The van der Waals surface area contributed by atoms with Gasteiger partial charge in [-0.05, 0) is 31.2 Å². The zero-order valence-electron chi connectivity index (χ0n) is 20.0. The smallest absolute Gasteiger partial charge is 0.282 e. The average Bonchev–Trinajstić information content (AvgIpc) is 3.28. The van der Waals surface area contributed by atoms with Gasteiger partial charge in [-0.15, -0.1) is 0 Å². The van der Waals surface area contributed by atoms with Gasteiger partial charge >= 0.3 is 0 Å². The topological polar surface area (TPSA) is 89.7 Å². The highest BCUT2D eigenvalue weighted by atomic mass is 16.5. The zero-order valence-corrected chi connectivity index (χ0v) is 20.0. The summed E-state index contributed by atoms with van der Waals surface area (Å²) in [6.45, 7) is 4.13. The third kappa shape index (κ3) is 4.59. The summed E-state index contributed by atoms with van der Waals surface area (Å²) >= 11 is 0. The number of carbonyl (C=O) groups is 2. The first-order valence-corrected chi connectivity index (χ1v) is 12.0. The van der Waals surface area contributed by atoms with Gasteiger partial charge in [0.15, 0.2) is 6.61 Å². The third-order valence-corrected chi connectivity index (χ3v) is 6.34. The summed E-state index contributed by atoms with van der Waals surface area (Å²) in [5, 5.41) is 4.53. The molecule has 0 atom stereocenters. The molecule has 3 heterocycles. The number of pyridine rings is 1. The number of amides is 2. The molecule has 2 aromatic rings. The molecule has 5 rings (SSSR count). The van der Waals surface area contributed by atoms with Gasteiger partial charge in [-0.2, -0.15) is 9.78 Å². The van der Waals surface area contributed by atoms with Crippen LogP contribution in [0.1, 0.15) is 17.3 Å². The molecule has 0 radical (unpaired) electrons. The fourth-order valence-corrected chi connectivity index (χ4v) is 4.33. The molecule has 0 aromatic heterocycles. The van der Waals surface area contributed by atoms with Crippen molar-refractivity contribution in [1.82, 2.24) is 24.1 Å². The van der Waals surface area contributed by atoms with Crippen LogP contribution in [-0.2, 0) is 11.3 Å². The van der Waals surface area contributed by atoms with Gasteiger partial charge < -0.3 is 19.1 Å². The van der Waals surface area contributed by atoms with Gasteiger partial charge in [0, 0.05) is 45.1 Å². The number of hydrogen-bond donors (Lipinski definition) is 0. The van der Waals surface area contributed by atoms with Gasteiger partial charge in [0.1, 0.15) is 11.4 Å². The molecule has 0 bridgehead atoms. The van der Waals surface area contributed by atoms with Crippen LogP contribution in [0, 0.1) is 0 Å². The number of carbonyl (C=O) groups excluding carboxylic acids is 2. The molecule has 1 fully saturated rings. The normalized spacial score (nSPS) is 13.7. The van der Waals surface area contributed by atoms with E-state index < -0.39 is 0 Å². The molecule has 0 saturated carbocycles. The van der Waals surface area contributed by atoms with Crippen LogP contribution in [0.3, 0.4) is 0 Å². The SMILES string of the molecule is CCn1cc(C(=O)N2CCN(C(=O)COc3ccccc3)CC2)c2nn(-c3ccccc3)c(=O)c-2c1. The molecule has 2 aromatic carbocycles. The number of benzene rings is 2. The Labute approximate surface area is 208 Å². The molecule has 3 aliphatic heterocycles. The number of piperazine rings is 1. The summed E-state index contributed by atoms with van der Waals surface area (Å²) in [6.07, 6.45) is 3.49. The Morgan fingerprint density at radius 3 is 2.19 bits per heavy atom. The van der Waals surface area contributed by atoms with E-state index in [1.165, 1.54) is 4.68 Å². The molecule has 0 spiro atoms. The standard InChI is InChI=1S/C27H27N5O4/c1-2-29-17-22(25-23(18-29)27(35)32(28-25)20-9-5-3-6-10-20)26(34)31-15-13-30(14-16-31)24(33)19-36-21-11-7-4-8-12-21/h3-12,17-18H,2,13-16,19H2,1H3.